The van der Waals surface area contributed by atoms with E-state index in [4.69, 9.17) is 18.9 Å². The van der Waals surface area contributed by atoms with Gasteiger partial charge < -0.3 is 18.9 Å². The van der Waals surface area contributed by atoms with Gasteiger partial charge in [0.2, 0.25) is 10.3 Å². The Morgan fingerprint density at radius 1 is 0.614 bits per heavy atom. The Kier molecular flexibility index (Phi) is 8.37. The molecular weight excluding hydrogens is 597 g/mol. The summed E-state index contributed by atoms with van der Waals surface area (Å²) in [4.78, 5) is 9.04. The minimum absolute atomic E-state index is 0.407. The van der Waals surface area contributed by atoms with Crippen molar-refractivity contribution in [3.63, 3.8) is 0 Å². The molecule has 0 bridgehead atoms. The average molecular weight is 623 g/mol. The number of aromatic nitrogens is 2. The van der Waals surface area contributed by atoms with Crippen LogP contribution in [0.2, 0.25) is 0 Å². The second-order valence-corrected chi connectivity index (χ2v) is 11.6. The van der Waals surface area contributed by atoms with E-state index in [1.54, 1.807) is 35.1 Å². The second-order valence-electron chi connectivity index (χ2n) is 9.57. The summed E-state index contributed by atoms with van der Waals surface area (Å²) in [6.45, 7) is 0.813. The largest absolute Gasteiger partial charge is 0.458 e. The van der Waals surface area contributed by atoms with Crippen LogP contribution in [-0.2, 0) is 9.47 Å². The van der Waals surface area contributed by atoms with E-state index in [0.717, 1.165) is 41.8 Å². The molecule has 3 heterocycles. The fourth-order valence-electron chi connectivity index (χ4n) is 4.36. The van der Waals surface area contributed by atoms with Crippen LogP contribution in [0.4, 0.5) is 10.3 Å². The predicted octanol–water partition coefficient (Wildman–Crippen LogP) is 6.95. The third-order valence-electron chi connectivity index (χ3n) is 6.47. The molecule has 2 aromatic heterocycles. The number of para-hydroxylation sites is 2. The SMILES string of the molecule is C(=N/Nc1nc2ccccc2s1)/c1ccc(O[C@@H]2OCCO[C@H]2Oc2ccc(/C=N\Nc3nc4ccccc4s3)cc2)cc1. The van der Waals surface area contributed by atoms with E-state index >= 15 is 0 Å². The monoisotopic (exact) mass is 622 g/mol. The Bertz CT molecular complexity index is 1700. The van der Waals surface area contributed by atoms with Gasteiger partial charge in [-0.2, -0.15) is 10.2 Å². The minimum Gasteiger partial charge on any atom is -0.458 e. The van der Waals surface area contributed by atoms with Crippen molar-refractivity contribution in [1.82, 2.24) is 9.97 Å². The minimum atomic E-state index is -0.733. The van der Waals surface area contributed by atoms with Gasteiger partial charge in [-0.25, -0.2) is 9.97 Å². The molecular formula is C32H26N6O4S2. The van der Waals surface area contributed by atoms with Crippen molar-refractivity contribution in [3.8, 4) is 11.5 Å². The molecule has 10 nitrogen and oxygen atoms in total. The van der Waals surface area contributed by atoms with Crippen molar-refractivity contribution in [1.29, 1.82) is 0 Å². The van der Waals surface area contributed by atoms with E-state index in [0.29, 0.717) is 24.7 Å². The summed E-state index contributed by atoms with van der Waals surface area (Å²) in [6.07, 6.45) is 1.99. The van der Waals surface area contributed by atoms with Crippen molar-refractivity contribution in [2.24, 2.45) is 10.2 Å². The average Bonchev–Trinajstić information content (AvgIpc) is 3.67. The first-order valence-corrected chi connectivity index (χ1v) is 15.4. The maximum atomic E-state index is 6.07. The molecule has 1 saturated heterocycles. The quantitative estimate of drug-likeness (QED) is 0.125. The number of benzene rings is 4. The zero-order chi connectivity index (χ0) is 29.6. The summed E-state index contributed by atoms with van der Waals surface area (Å²) >= 11 is 3.11. The molecule has 220 valence electrons. The molecule has 2 N–H and O–H groups in total. The third-order valence-corrected chi connectivity index (χ3v) is 8.35. The molecule has 0 radical (unpaired) electrons. The van der Waals surface area contributed by atoms with Crippen LogP contribution in [0.15, 0.2) is 107 Å². The first-order valence-electron chi connectivity index (χ1n) is 13.8. The predicted molar refractivity (Wildman–Crippen MR) is 175 cm³/mol. The van der Waals surface area contributed by atoms with Crippen LogP contribution in [0.3, 0.4) is 0 Å². The molecule has 7 rings (SSSR count). The molecule has 12 heteroatoms. The highest BCUT2D eigenvalue weighted by Gasteiger charge is 2.31. The topological polar surface area (TPSA) is 111 Å². The molecule has 0 saturated carbocycles. The number of thiazole rings is 2. The number of nitrogens with zero attached hydrogens (tertiary/aromatic N) is 4. The van der Waals surface area contributed by atoms with Crippen molar-refractivity contribution < 1.29 is 18.9 Å². The lowest BCUT2D eigenvalue weighted by atomic mass is 10.2. The molecule has 6 aromatic rings. The van der Waals surface area contributed by atoms with Crippen LogP contribution in [0, 0.1) is 0 Å². The van der Waals surface area contributed by atoms with E-state index in [-0.39, 0.29) is 0 Å². The van der Waals surface area contributed by atoms with Crippen molar-refractivity contribution in [3.05, 3.63) is 108 Å². The zero-order valence-electron chi connectivity index (χ0n) is 23.2. The Morgan fingerprint density at radius 2 is 1.05 bits per heavy atom. The van der Waals surface area contributed by atoms with Crippen LogP contribution in [-0.4, -0.2) is 48.2 Å². The van der Waals surface area contributed by atoms with Gasteiger partial charge in [0.15, 0.2) is 0 Å². The van der Waals surface area contributed by atoms with Crippen LogP contribution in [0.5, 0.6) is 11.5 Å². The number of hydrogen-bond donors (Lipinski definition) is 2. The number of rotatable bonds is 10. The Morgan fingerprint density at radius 3 is 1.48 bits per heavy atom. The van der Waals surface area contributed by atoms with E-state index in [2.05, 4.69) is 31.0 Å². The standard InChI is InChI=1S/C32H26N6O4S2/c1-3-7-27-25(5-1)35-31(43-27)37-33-19-21-9-13-23(14-10-21)41-29-30(40-18-17-39-29)42-24-15-11-22(12-16-24)20-34-38-32-36-26-6-2-4-8-28(26)44-32/h1-16,19-20,29-30H,17-18H2,(H,35,37)(H,36,38)/b33-19-,34-20-/t29-,30-/m0/s1. The van der Waals surface area contributed by atoms with Crippen molar-refractivity contribution >= 4 is 65.8 Å². The molecule has 1 aliphatic rings. The van der Waals surface area contributed by atoms with Gasteiger partial charge in [0.25, 0.3) is 12.6 Å². The highest BCUT2D eigenvalue weighted by Crippen LogP contribution is 2.27. The summed E-state index contributed by atoms with van der Waals surface area (Å²) in [6, 6.07) is 31.0. The van der Waals surface area contributed by atoms with Crippen LogP contribution >= 0.6 is 22.7 Å². The molecule has 0 unspecified atom stereocenters. The normalized spacial score (nSPS) is 17.0. The van der Waals surface area contributed by atoms with Gasteiger partial charge in [-0.15, -0.1) is 0 Å². The Labute approximate surface area is 260 Å². The summed E-state index contributed by atoms with van der Waals surface area (Å²) in [5.41, 5.74) is 9.69. The molecule has 1 aliphatic heterocycles. The van der Waals surface area contributed by atoms with Crippen molar-refractivity contribution in [2.75, 3.05) is 24.1 Å². The van der Waals surface area contributed by atoms with Crippen LogP contribution in [0.25, 0.3) is 20.4 Å². The van der Waals surface area contributed by atoms with Crippen LogP contribution < -0.4 is 20.3 Å². The van der Waals surface area contributed by atoms with E-state index in [1.807, 2.05) is 97.1 Å². The highest BCUT2D eigenvalue weighted by molar-refractivity contribution is 7.22. The molecule has 4 aromatic carbocycles. The van der Waals surface area contributed by atoms with Gasteiger partial charge in [-0.05, 0) is 83.9 Å². The fraction of sp³-hybridized carbons (Fsp3) is 0.125. The Balaban J connectivity index is 0.915. The number of hydrogen-bond acceptors (Lipinski definition) is 12. The lowest BCUT2D eigenvalue weighted by molar-refractivity contribution is -0.271. The van der Waals surface area contributed by atoms with Gasteiger partial charge >= 0.3 is 0 Å². The number of ether oxygens (including phenoxy) is 4. The number of anilines is 2. The van der Waals surface area contributed by atoms with E-state index in [1.165, 1.54) is 0 Å². The smallest absolute Gasteiger partial charge is 0.263 e. The lowest BCUT2D eigenvalue weighted by Gasteiger charge is -2.31. The first-order chi connectivity index (χ1) is 21.7. The summed E-state index contributed by atoms with van der Waals surface area (Å²) in [5, 5.41) is 10.1. The van der Waals surface area contributed by atoms with Gasteiger partial charge in [0.05, 0.1) is 46.1 Å². The number of fused-ring (bicyclic) bond motifs is 2. The molecule has 0 amide bonds. The van der Waals surface area contributed by atoms with Gasteiger partial charge in [0, 0.05) is 0 Å². The highest BCUT2D eigenvalue weighted by atomic mass is 32.1. The molecule has 2 atom stereocenters. The molecule has 44 heavy (non-hydrogen) atoms. The van der Waals surface area contributed by atoms with Gasteiger partial charge in [-0.3, -0.25) is 10.9 Å². The number of nitrogens with one attached hydrogen (secondary N) is 2. The van der Waals surface area contributed by atoms with Gasteiger partial charge in [-0.1, -0.05) is 46.9 Å². The van der Waals surface area contributed by atoms with E-state index in [9.17, 15) is 0 Å². The molecule has 0 aliphatic carbocycles. The number of hydrazone groups is 2. The second kappa shape index (κ2) is 13.2. The Hall–Kier alpha value is -4.88. The summed E-state index contributed by atoms with van der Waals surface area (Å²) < 4.78 is 26.0. The van der Waals surface area contributed by atoms with Gasteiger partial charge in [0.1, 0.15) is 11.5 Å². The molecule has 0 spiro atoms. The maximum Gasteiger partial charge on any atom is 0.263 e. The summed E-state index contributed by atoms with van der Waals surface area (Å²) in [5.74, 6) is 1.25. The molecule has 1 fully saturated rings. The lowest BCUT2D eigenvalue weighted by Crippen LogP contribution is -2.45. The zero-order valence-corrected chi connectivity index (χ0v) is 24.8. The third kappa shape index (κ3) is 6.84. The van der Waals surface area contributed by atoms with E-state index < -0.39 is 12.6 Å². The van der Waals surface area contributed by atoms with Crippen LogP contribution in [0.1, 0.15) is 11.1 Å². The maximum absolute atomic E-state index is 6.07. The first kappa shape index (κ1) is 27.9. The fourth-order valence-corrected chi connectivity index (χ4v) is 5.99. The van der Waals surface area contributed by atoms with Crippen molar-refractivity contribution in [2.45, 2.75) is 12.6 Å². The summed E-state index contributed by atoms with van der Waals surface area (Å²) in [7, 11) is 0.